The van der Waals surface area contributed by atoms with E-state index in [1.54, 1.807) is 24.3 Å². The number of fused-ring (bicyclic) bond motifs is 2. The molecule has 0 spiro atoms. The molecule has 0 saturated carbocycles. The second kappa shape index (κ2) is 10.0. The van der Waals surface area contributed by atoms with Gasteiger partial charge in [-0.05, 0) is 34.5 Å². The highest BCUT2D eigenvalue weighted by Crippen LogP contribution is 2.35. The van der Waals surface area contributed by atoms with Crippen LogP contribution in [0.1, 0.15) is 27.2 Å². The molecule has 0 aliphatic rings. The zero-order valence-electron chi connectivity index (χ0n) is 21.3. The number of hydrogen-bond donors (Lipinski definition) is 1. The Bertz CT molecular complexity index is 1950. The summed E-state index contributed by atoms with van der Waals surface area (Å²) in [5.74, 6) is -0.792. The molecule has 0 bridgehead atoms. The van der Waals surface area contributed by atoms with Crippen molar-refractivity contribution in [3.8, 4) is 11.3 Å². The molecule has 3 heterocycles. The van der Waals surface area contributed by atoms with Crippen molar-refractivity contribution in [1.82, 2.24) is 24.4 Å². The molecule has 42 heavy (non-hydrogen) atoms. The summed E-state index contributed by atoms with van der Waals surface area (Å²) in [5.41, 5.74) is -1.47. The molecule has 0 saturated heterocycles. The summed E-state index contributed by atoms with van der Waals surface area (Å²) in [4.78, 5) is 17.6. The molecule has 0 atom stereocenters. The van der Waals surface area contributed by atoms with E-state index in [1.807, 2.05) is 18.2 Å². The van der Waals surface area contributed by atoms with Crippen molar-refractivity contribution in [3.63, 3.8) is 0 Å². The molecule has 3 aromatic carbocycles. The molecule has 3 aromatic heterocycles. The van der Waals surface area contributed by atoms with E-state index in [-0.39, 0.29) is 29.1 Å². The second-order valence-electron chi connectivity index (χ2n) is 9.42. The van der Waals surface area contributed by atoms with Crippen molar-refractivity contribution in [1.29, 1.82) is 0 Å². The lowest BCUT2D eigenvalue weighted by molar-refractivity contribution is -0.142. The van der Waals surface area contributed by atoms with E-state index < -0.39 is 29.5 Å². The maximum atomic E-state index is 14.1. The third-order valence-corrected chi connectivity index (χ3v) is 6.56. The van der Waals surface area contributed by atoms with E-state index in [4.69, 9.17) is 0 Å². The smallest absolute Gasteiger partial charge is 0.319 e. The quantitative estimate of drug-likeness (QED) is 0.221. The van der Waals surface area contributed by atoms with Gasteiger partial charge >= 0.3 is 12.4 Å². The van der Waals surface area contributed by atoms with E-state index >= 15 is 0 Å². The highest BCUT2D eigenvalue weighted by molar-refractivity contribution is 6.08. The van der Waals surface area contributed by atoms with Gasteiger partial charge in [0, 0.05) is 11.8 Å². The summed E-state index contributed by atoms with van der Waals surface area (Å²) in [6, 6.07) is 18.0. The van der Waals surface area contributed by atoms with Crippen LogP contribution in [0.4, 0.5) is 32.0 Å². The Morgan fingerprint density at radius 2 is 1.60 bits per heavy atom. The van der Waals surface area contributed by atoms with E-state index in [9.17, 15) is 31.1 Å². The van der Waals surface area contributed by atoms with E-state index in [0.717, 1.165) is 29.8 Å². The average molecular weight is 580 g/mol. The van der Waals surface area contributed by atoms with Crippen LogP contribution in [-0.2, 0) is 18.9 Å². The summed E-state index contributed by atoms with van der Waals surface area (Å²) >= 11 is 0. The Morgan fingerprint density at radius 1 is 0.833 bits per heavy atom. The molecule has 212 valence electrons. The predicted molar refractivity (Wildman–Crippen MR) is 142 cm³/mol. The Kier molecular flexibility index (Phi) is 6.44. The first kappa shape index (κ1) is 27.0. The lowest BCUT2D eigenvalue weighted by atomic mass is 10.0. The summed E-state index contributed by atoms with van der Waals surface area (Å²) in [6.07, 6.45) is -5.65. The summed E-state index contributed by atoms with van der Waals surface area (Å²) in [6.45, 7) is -0.0125. The predicted octanol–water partition coefficient (Wildman–Crippen LogP) is 7.08. The van der Waals surface area contributed by atoms with Crippen LogP contribution >= 0.6 is 0 Å². The molecule has 0 fully saturated rings. The van der Waals surface area contributed by atoms with E-state index in [2.05, 4.69) is 20.5 Å². The average Bonchev–Trinajstić information content (AvgIpc) is 3.58. The fourth-order valence-electron chi connectivity index (χ4n) is 4.66. The third kappa shape index (κ3) is 5.16. The standard InChI is InChI=1S/C29H18F6N6O/c30-28(31,32)19-8-3-5-17(11-19)15-40-16-20(13-36-40)38-27(42)23-14-37-41-25(29(33,34)35)12-24(39-26(23)41)22-10-4-7-18-6-1-2-9-21(18)22/h1-14,16H,15H2,(H,38,42). The fraction of sp³-hybridized carbons (Fsp3) is 0.103. The van der Waals surface area contributed by atoms with E-state index in [0.29, 0.717) is 21.0 Å². The number of aromatic nitrogens is 5. The van der Waals surface area contributed by atoms with Gasteiger partial charge in [-0.1, -0.05) is 54.6 Å². The number of amides is 1. The second-order valence-corrected chi connectivity index (χ2v) is 9.42. The maximum absolute atomic E-state index is 14.1. The minimum atomic E-state index is -4.80. The molecule has 6 aromatic rings. The summed E-state index contributed by atoms with van der Waals surface area (Å²) in [7, 11) is 0. The molecule has 1 N–H and O–H groups in total. The first-order valence-corrected chi connectivity index (χ1v) is 12.4. The number of alkyl halides is 6. The number of nitrogens with zero attached hydrogens (tertiary/aromatic N) is 5. The third-order valence-electron chi connectivity index (χ3n) is 6.56. The highest BCUT2D eigenvalue weighted by Gasteiger charge is 2.36. The van der Waals surface area contributed by atoms with Gasteiger partial charge in [0.2, 0.25) is 0 Å². The largest absolute Gasteiger partial charge is 0.433 e. The maximum Gasteiger partial charge on any atom is 0.433 e. The molecular formula is C29H18F6N6O. The first-order valence-electron chi connectivity index (χ1n) is 12.4. The van der Waals surface area contributed by atoms with Crippen LogP contribution in [0.25, 0.3) is 27.7 Å². The van der Waals surface area contributed by atoms with Gasteiger partial charge in [0.25, 0.3) is 5.91 Å². The van der Waals surface area contributed by atoms with Gasteiger partial charge in [0.05, 0.1) is 35.9 Å². The van der Waals surface area contributed by atoms with Crippen LogP contribution < -0.4 is 5.32 Å². The van der Waals surface area contributed by atoms with Gasteiger partial charge in [0.1, 0.15) is 5.56 Å². The first-order chi connectivity index (χ1) is 20.0. The molecule has 13 heteroatoms. The van der Waals surface area contributed by atoms with Gasteiger partial charge in [-0.25, -0.2) is 9.50 Å². The number of nitrogens with one attached hydrogen (secondary N) is 1. The number of halogens is 6. The Labute approximate surface area is 233 Å². The number of anilines is 1. The van der Waals surface area contributed by atoms with Gasteiger partial charge < -0.3 is 5.32 Å². The van der Waals surface area contributed by atoms with Crippen molar-refractivity contribution in [2.45, 2.75) is 18.9 Å². The van der Waals surface area contributed by atoms with Gasteiger partial charge in [-0.2, -0.15) is 36.5 Å². The van der Waals surface area contributed by atoms with E-state index in [1.165, 1.54) is 29.2 Å². The zero-order valence-corrected chi connectivity index (χ0v) is 21.3. The minimum Gasteiger partial charge on any atom is -0.319 e. The molecule has 0 radical (unpaired) electrons. The van der Waals surface area contributed by atoms with Crippen LogP contribution in [0.15, 0.2) is 91.4 Å². The fourth-order valence-corrected chi connectivity index (χ4v) is 4.66. The Balaban J connectivity index is 1.33. The monoisotopic (exact) mass is 580 g/mol. The van der Waals surface area contributed by atoms with Gasteiger partial charge in [-0.3, -0.25) is 9.48 Å². The molecule has 0 aliphatic heterocycles. The van der Waals surface area contributed by atoms with Crippen molar-refractivity contribution in [2.75, 3.05) is 5.32 Å². The molecular weight excluding hydrogens is 562 g/mol. The van der Waals surface area contributed by atoms with Crippen LogP contribution in [0, 0.1) is 0 Å². The summed E-state index contributed by atoms with van der Waals surface area (Å²) < 4.78 is 83.3. The number of hydrogen-bond acceptors (Lipinski definition) is 4. The lowest BCUT2D eigenvalue weighted by Crippen LogP contribution is -2.15. The van der Waals surface area contributed by atoms with Crippen molar-refractivity contribution >= 4 is 28.0 Å². The number of carbonyl (C=O) groups is 1. The molecule has 0 aliphatic carbocycles. The van der Waals surface area contributed by atoms with Crippen molar-refractivity contribution < 1.29 is 31.1 Å². The van der Waals surface area contributed by atoms with Crippen LogP contribution in [0.3, 0.4) is 0 Å². The molecule has 1 amide bonds. The number of rotatable bonds is 5. The zero-order chi connectivity index (χ0) is 29.6. The van der Waals surface area contributed by atoms with Crippen LogP contribution in [0.5, 0.6) is 0 Å². The number of carbonyl (C=O) groups excluding carboxylic acids is 1. The number of benzene rings is 3. The summed E-state index contributed by atoms with van der Waals surface area (Å²) in [5, 5.41) is 11.9. The lowest BCUT2D eigenvalue weighted by Gasteiger charge is -2.13. The van der Waals surface area contributed by atoms with Gasteiger partial charge in [-0.15, -0.1) is 0 Å². The van der Waals surface area contributed by atoms with Gasteiger partial charge in [0.15, 0.2) is 11.3 Å². The normalized spacial score (nSPS) is 12.2. The van der Waals surface area contributed by atoms with Crippen LogP contribution in [-0.4, -0.2) is 30.3 Å². The Hall–Kier alpha value is -5.20. The van der Waals surface area contributed by atoms with Crippen molar-refractivity contribution in [2.24, 2.45) is 0 Å². The van der Waals surface area contributed by atoms with Crippen LogP contribution in [0.2, 0.25) is 0 Å². The molecule has 7 nitrogen and oxygen atoms in total. The Morgan fingerprint density at radius 3 is 2.38 bits per heavy atom. The molecule has 0 unspecified atom stereocenters. The van der Waals surface area contributed by atoms with Crippen molar-refractivity contribution in [3.05, 3.63) is 114 Å². The SMILES string of the molecule is O=C(Nc1cnn(Cc2cccc(C(F)(F)F)c2)c1)c1cnn2c(C(F)(F)F)cc(-c3cccc4ccccc34)nc12. The highest BCUT2D eigenvalue weighted by atomic mass is 19.4. The molecule has 6 rings (SSSR count). The minimum absolute atomic E-state index is 0.00933. The topological polar surface area (TPSA) is 77.1 Å².